The Balaban J connectivity index is 1.71. The molecule has 2 amide bonds. The molecule has 3 aliphatic carbocycles. The zero-order valence-corrected chi connectivity index (χ0v) is 21.6. The van der Waals surface area contributed by atoms with Gasteiger partial charge in [0.05, 0.1) is 24.0 Å². The zero-order valence-electron chi connectivity index (χ0n) is 20.8. The summed E-state index contributed by atoms with van der Waals surface area (Å²) in [7, 11) is 1.40. The van der Waals surface area contributed by atoms with Crippen LogP contribution >= 0.6 is 11.6 Å². The molecule has 0 spiro atoms. The third-order valence-corrected chi connectivity index (χ3v) is 8.13. The summed E-state index contributed by atoms with van der Waals surface area (Å²) in [4.78, 5) is 55.0. The molecule has 1 fully saturated rings. The number of Topliss-reactive ketones (excluding diaryl/α,β-unsaturated/α-hetero) is 1. The third kappa shape index (κ3) is 3.39. The third-order valence-electron chi connectivity index (χ3n) is 7.84. The van der Waals surface area contributed by atoms with E-state index in [-0.39, 0.29) is 46.3 Å². The number of imide groups is 1. The summed E-state index contributed by atoms with van der Waals surface area (Å²) < 4.78 is 5.31. The summed E-state index contributed by atoms with van der Waals surface area (Å²) in [6.07, 6.45) is 3.89. The van der Waals surface area contributed by atoms with Crippen LogP contribution in [0.5, 0.6) is 11.5 Å². The van der Waals surface area contributed by atoms with Crippen LogP contribution < -0.4 is 4.74 Å². The predicted molar refractivity (Wildman–Crippen MR) is 133 cm³/mol. The Morgan fingerprint density at radius 2 is 1.78 bits per heavy atom. The molecule has 7 nitrogen and oxygen atoms in total. The summed E-state index contributed by atoms with van der Waals surface area (Å²) in [5, 5.41) is 10.4. The number of nitrogens with zero attached hydrogens (tertiary/aromatic N) is 1. The molecule has 1 aromatic rings. The highest BCUT2D eigenvalue weighted by Gasteiger charge is 2.58. The maximum absolute atomic E-state index is 13.7. The van der Waals surface area contributed by atoms with Crippen LogP contribution in [0.25, 0.3) is 0 Å². The molecule has 5 rings (SSSR count). The van der Waals surface area contributed by atoms with E-state index < -0.39 is 29.2 Å². The summed E-state index contributed by atoms with van der Waals surface area (Å²) >= 11 is 6.32. The number of allylic oxidation sites excluding steroid dienone is 6. The quantitative estimate of drug-likeness (QED) is 0.363. The topological polar surface area (TPSA) is 101 Å². The smallest absolute Gasteiger partial charge is 0.234 e. The van der Waals surface area contributed by atoms with Gasteiger partial charge in [0.15, 0.2) is 23.1 Å². The predicted octanol–water partition coefficient (Wildman–Crippen LogP) is 4.28. The van der Waals surface area contributed by atoms with Gasteiger partial charge in [0, 0.05) is 28.2 Å². The number of benzene rings is 1. The van der Waals surface area contributed by atoms with Crippen LogP contribution in [-0.4, -0.2) is 46.0 Å². The van der Waals surface area contributed by atoms with Crippen molar-refractivity contribution in [3.63, 3.8) is 0 Å². The van der Waals surface area contributed by atoms with E-state index in [1.807, 2.05) is 26.8 Å². The molecule has 36 heavy (non-hydrogen) atoms. The first-order valence-electron chi connectivity index (χ1n) is 12.0. The Labute approximate surface area is 214 Å². The van der Waals surface area contributed by atoms with E-state index in [2.05, 4.69) is 0 Å². The molecule has 1 aliphatic heterocycles. The van der Waals surface area contributed by atoms with E-state index in [1.165, 1.54) is 18.1 Å². The minimum atomic E-state index is -0.669. The summed E-state index contributed by atoms with van der Waals surface area (Å²) in [5.41, 5.74) is 1.83. The van der Waals surface area contributed by atoms with Gasteiger partial charge < -0.3 is 9.84 Å². The number of carbonyl (C=O) groups excluding carboxylic acids is 4. The van der Waals surface area contributed by atoms with Crippen molar-refractivity contribution < 1.29 is 29.0 Å². The molecule has 4 atom stereocenters. The fraction of sp³-hybridized carbons (Fsp3) is 0.429. The molecule has 0 aromatic heterocycles. The molecule has 4 aliphatic rings. The number of halogens is 1. The Bertz CT molecular complexity index is 1340. The van der Waals surface area contributed by atoms with Gasteiger partial charge in [0.2, 0.25) is 11.8 Å². The number of hydrogen-bond acceptors (Lipinski definition) is 6. The van der Waals surface area contributed by atoms with Crippen molar-refractivity contribution in [3.05, 3.63) is 57.2 Å². The lowest BCUT2D eigenvalue weighted by atomic mass is 9.59. The van der Waals surface area contributed by atoms with Crippen LogP contribution in [0.2, 0.25) is 5.02 Å². The second-order valence-corrected chi connectivity index (χ2v) is 11.4. The van der Waals surface area contributed by atoms with Gasteiger partial charge in [0.25, 0.3) is 0 Å². The van der Waals surface area contributed by atoms with Crippen LogP contribution in [0.15, 0.2) is 46.6 Å². The minimum absolute atomic E-state index is 0.0512. The van der Waals surface area contributed by atoms with Gasteiger partial charge in [-0.2, -0.15) is 0 Å². The number of methoxy groups -OCH3 is 1. The maximum atomic E-state index is 13.7. The van der Waals surface area contributed by atoms with Crippen molar-refractivity contribution >= 4 is 35.0 Å². The Hall–Kier alpha value is -3.19. The van der Waals surface area contributed by atoms with Gasteiger partial charge in [-0.3, -0.25) is 24.1 Å². The Morgan fingerprint density at radius 1 is 1.08 bits per heavy atom. The van der Waals surface area contributed by atoms with Crippen LogP contribution in [-0.2, 0) is 19.2 Å². The average molecular weight is 510 g/mol. The molecule has 0 bridgehead atoms. The SMILES string of the molecule is COc1cc([C@H]2C3=CC[C@@H]4C(=O)N(C(C)(C)C)C(=O)[C@@H]4[C@@H]3CC3=C2C(=O)C=C(C)C3=O)cc(Cl)c1O. The van der Waals surface area contributed by atoms with Crippen molar-refractivity contribution in [2.75, 3.05) is 7.11 Å². The lowest BCUT2D eigenvalue weighted by Crippen LogP contribution is -2.46. The summed E-state index contributed by atoms with van der Waals surface area (Å²) in [5.74, 6) is -3.19. The number of phenols is 1. The number of phenolic OH excluding ortho intramolecular Hbond substituents is 1. The van der Waals surface area contributed by atoms with Gasteiger partial charge >= 0.3 is 0 Å². The molecule has 0 radical (unpaired) electrons. The number of carbonyl (C=O) groups is 4. The van der Waals surface area contributed by atoms with Crippen molar-refractivity contribution in [3.8, 4) is 11.5 Å². The van der Waals surface area contributed by atoms with Crippen molar-refractivity contribution in [2.24, 2.45) is 17.8 Å². The highest BCUT2D eigenvalue weighted by molar-refractivity contribution is 6.32. The van der Waals surface area contributed by atoms with Crippen molar-refractivity contribution in [2.45, 2.75) is 52.0 Å². The molecular formula is C28H28ClNO6. The van der Waals surface area contributed by atoms with Crippen molar-refractivity contribution in [1.82, 2.24) is 4.90 Å². The minimum Gasteiger partial charge on any atom is -0.503 e. The van der Waals surface area contributed by atoms with Gasteiger partial charge in [-0.25, -0.2) is 0 Å². The number of hydrogen-bond donors (Lipinski definition) is 1. The second-order valence-electron chi connectivity index (χ2n) is 11.0. The lowest BCUT2D eigenvalue weighted by Gasteiger charge is -2.42. The normalized spacial score (nSPS) is 28.0. The summed E-state index contributed by atoms with van der Waals surface area (Å²) in [6, 6.07) is 3.17. The number of fused-ring (bicyclic) bond motifs is 3. The van der Waals surface area contributed by atoms with E-state index in [1.54, 1.807) is 19.1 Å². The average Bonchev–Trinajstić information content (AvgIpc) is 3.08. The number of rotatable bonds is 2. The molecule has 1 aromatic carbocycles. The van der Waals surface area contributed by atoms with Gasteiger partial charge in [-0.1, -0.05) is 23.3 Å². The van der Waals surface area contributed by atoms with Crippen LogP contribution in [0.4, 0.5) is 0 Å². The van der Waals surface area contributed by atoms with Crippen LogP contribution in [0.1, 0.15) is 52.0 Å². The van der Waals surface area contributed by atoms with E-state index >= 15 is 0 Å². The lowest BCUT2D eigenvalue weighted by molar-refractivity contribution is -0.145. The largest absolute Gasteiger partial charge is 0.503 e. The number of amides is 2. The summed E-state index contributed by atoms with van der Waals surface area (Å²) in [6.45, 7) is 7.11. The standard InChI is InChI=1S/C28H28ClNO6/c1-12-8-19(31)23-17(24(12)32)11-16-14(21(23)13-9-18(29)25(33)20(10-13)36-5)6-7-15-22(16)27(35)30(26(15)34)28(2,3)4/h6,8-10,15-16,21-22,33H,7,11H2,1-5H3/t15-,16+,21-,22-/m0/s1. The zero-order chi connectivity index (χ0) is 26.3. The van der Waals surface area contributed by atoms with E-state index in [9.17, 15) is 24.3 Å². The molecule has 1 N–H and O–H groups in total. The highest BCUT2D eigenvalue weighted by atomic mass is 35.5. The van der Waals surface area contributed by atoms with Crippen LogP contribution in [0.3, 0.4) is 0 Å². The Morgan fingerprint density at radius 3 is 2.42 bits per heavy atom. The molecule has 1 saturated heterocycles. The molecule has 0 saturated carbocycles. The molecule has 8 heteroatoms. The number of ether oxygens (including phenoxy) is 1. The van der Waals surface area contributed by atoms with E-state index in [0.717, 1.165) is 5.57 Å². The first-order valence-corrected chi connectivity index (χ1v) is 12.4. The molecular weight excluding hydrogens is 482 g/mol. The van der Waals surface area contributed by atoms with Gasteiger partial charge in [0.1, 0.15) is 0 Å². The van der Waals surface area contributed by atoms with Crippen LogP contribution in [0, 0.1) is 17.8 Å². The Kier molecular flexibility index (Phi) is 5.56. The van der Waals surface area contributed by atoms with E-state index in [0.29, 0.717) is 28.7 Å². The maximum Gasteiger partial charge on any atom is 0.234 e. The first-order chi connectivity index (χ1) is 16.9. The molecule has 1 heterocycles. The number of aromatic hydroxyl groups is 1. The molecule has 0 unspecified atom stereocenters. The second kappa shape index (κ2) is 8.17. The fourth-order valence-corrected chi connectivity index (χ4v) is 6.56. The fourth-order valence-electron chi connectivity index (χ4n) is 6.34. The number of ketones is 2. The van der Waals surface area contributed by atoms with Gasteiger partial charge in [-0.15, -0.1) is 0 Å². The molecule has 188 valence electrons. The first kappa shape index (κ1) is 24.5. The van der Waals surface area contributed by atoms with Gasteiger partial charge in [-0.05, 0) is 70.2 Å². The highest BCUT2D eigenvalue weighted by Crippen LogP contribution is 2.56. The van der Waals surface area contributed by atoms with Crippen molar-refractivity contribution in [1.29, 1.82) is 0 Å². The van der Waals surface area contributed by atoms with E-state index in [4.69, 9.17) is 16.3 Å². The number of likely N-dealkylation sites (tertiary alicyclic amines) is 1. The monoisotopic (exact) mass is 509 g/mol.